The Morgan fingerprint density at radius 1 is 1.22 bits per heavy atom. The number of rotatable bonds is 10. The van der Waals surface area contributed by atoms with Gasteiger partial charge in [0.25, 0.3) is 0 Å². The van der Waals surface area contributed by atoms with E-state index < -0.39 is 0 Å². The van der Waals surface area contributed by atoms with E-state index in [1.807, 2.05) is 26.0 Å². The minimum Gasteiger partial charge on any atom is -0.497 e. The molecule has 6 heteroatoms. The fourth-order valence-electron chi connectivity index (χ4n) is 4.32. The minimum atomic E-state index is -0.122. The molecule has 0 aromatic rings. The molecular formula is C26H41NO5. The molecule has 1 fully saturated rings. The number of ether oxygens (including phenoxy) is 3. The molecule has 2 aliphatic rings. The number of carbonyl (C=O) groups excluding carboxylic acids is 1. The normalized spacial score (nSPS) is 24.2. The van der Waals surface area contributed by atoms with Crippen molar-refractivity contribution in [1.82, 2.24) is 5.48 Å². The Hall–Kier alpha value is -2.47. The highest BCUT2D eigenvalue weighted by atomic mass is 16.6. The number of allylic oxidation sites excluding steroid dienone is 5. The van der Waals surface area contributed by atoms with E-state index in [4.69, 9.17) is 19.0 Å². The lowest BCUT2D eigenvalue weighted by atomic mass is 9.79. The summed E-state index contributed by atoms with van der Waals surface area (Å²) in [5, 5.41) is 0. The van der Waals surface area contributed by atoms with Gasteiger partial charge in [0, 0.05) is 18.8 Å². The first-order chi connectivity index (χ1) is 15.3. The van der Waals surface area contributed by atoms with Crippen LogP contribution in [0.2, 0.25) is 0 Å². The zero-order valence-corrected chi connectivity index (χ0v) is 20.5. The third-order valence-electron chi connectivity index (χ3n) is 6.09. The van der Waals surface area contributed by atoms with Crippen molar-refractivity contribution in [3.05, 3.63) is 58.7 Å². The van der Waals surface area contributed by atoms with Crippen LogP contribution in [0.5, 0.6) is 0 Å². The SMILES string of the molecule is C=C(C)/C(NOCC)=C(\OC)C1=CC=C(OC[C@H]2CCCC[C@@H]2C(=O)OC)C(C)C=C1C.[HH]. The van der Waals surface area contributed by atoms with Crippen LogP contribution in [0.15, 0.2) is 58.7 Å². The summed E-state index contributed by atoms with van der Waals surface area (Å²) in [6.45, 7) is 13.1. The van der Waals surface area contributed by atoms with E-state index in [9.17, 15) is 4.79 Å². The predicted molar refractivity (Wildman–Crippen MR) is 128 cm³/mol. The van der Waals surface area contributed by atoms with Gasteiger partial charge in [-0.2, -0.15) is 0 Å². The van der Waals surface area contributed by atoms with Gasteiger partial charge in [0.15, 0.2) is 5.76 Å². The van der Waals surface area contributed by atoms with Crippen molar-refractivity contribution in [1.29, 1.82) is 0 Å². The Kier molecular flexibility index (Phi) is 10.1. The summed E-state index contributed by atoms with van der Waals surface area (Å²) in [6.07, 6.45) is 10.2. The molecule has 0 bridgehead atoms. The van der Waals surface area contributed by atoms with E-state index in [0.29, 0.717) is 24.7 Å². The molecule has 0 spiro atoms. The summed E-state index contributed by atoms with van der Waals surface area (Å²) in [6, 6.07) is 0. The molecule has 1 unspecified atom stereocenters. The molecule has 1 saturated carbocycles. The maximum Gasteiger partial charge on any atom is 0.309 e. The van der Waals surface area contributed by atoms with Gasteiger partial charge in [-0.25, -0.2) is 0 Å². The van der Waals surface area contributed by atoms with E-state index in [0.717, 1.165) is 48.2 Å². The van der Waals surface area contributed by atoms with E-state index in [-0.39, 0.29) is 25.1 Å². The summed E-state index contributed by atoms with van der Waals surface area (Å²) in [5.41, 5.74) is 6.50. The van der Waals surface area contributed by atoms with Crippen molar-refractivity contribution in [2.75, 3.05) is 27.4 Å². The van der Waals surface area contributed by atoms with E-state index in [1.165, 1.54) is 7.11 Å². The topological polar surface area (TPSA) is 66.0 Å². The lowest BCUT2D eigenvalue weighted by Gasteiger charge is -2.30. The third kappa shape index (κ3) is 6.52. The maximum atomic E-state index is 12.2. The van der Waals surface area contributed by atoms with Crippen molar-refractivity contribution in [2.45, 2.75) is 53.4 Å². The fraction of sp³-hybridized carbons (Fsp3) is 0.577. The number of hydrogen-bond donors (Lipinski definition) is 1. The van der Waals surface area contributed by atoms with Crippen LogP contribution in [0.3, 0.4) is 0 Å². The molecule has 1 N–H and O–H groups in total. The molecule has 0 aliphatic heterocycles. The van der Waals surface area contributed by atoms with Crippen LogP contribution in [0.25, 0.3) is 0 Å². The van der Waals surface area contributed by atoms with Gasteiger partial charge >= 0.3 is 5.97 Å². The van der Waals surface area contributed by atoms with E-state index >= 15 is 0 Å². The highest BCUT2D eigenvalue weighted by molar-refractivity contribution is 5.72. The second-order valence-electron chi connectivity index (χ2n) is 8.50. The second-order valence-corrected chi connectivity index (χ2v) is 8.50. The van der Waals surface area contributed by atoms with E-state index in [1.54, 1.807) is 7.11 Å². The highest BCUT2D eigenvalue weighted by Gasteiger charge is 2.32. The highest BCUT2D eigenvalue weighted by Crippen LogP contribution is 2.34. The summed E-state index contributed by atoms with van der Waals surface area (Å²) >= 11 is 0. The quantitative estimate of drug-likeness (QED) is 0.203. The second kappa shape index (κ2) is 12.5. The standard InChI is InChI=1S/C26H39NO5.H2/c1-8-32-27-24(17(2)3)25(29-6)21-13-14-23(19(5)15-18(21)4)31-16-20-11-9-10-12-22(20)26(28)30-7;/h13-15,19-20,22,27H,2,8-12,16H2,1,3-7H3;1H/b25-24+;/t19?,20-,22+;/m1./s1. The van der Waals surface area contributed by atoms with Gasteiger partial charge in [0.2, 0.25) is 0 Å². The number of hydrogen-bond acceptors (Lipinski definition) is 6. The first kappa shape index (κ1) is 25.8. The number of nitrogens with one attached hydrogen (secondary N) is 1. The maximum absolute atomic E-state index is 12.2. The summed E-state index contributed by atoms with van der Waals surface area (Å²) in [5.74, 6) is 1.62. The lowest BCUT2D eigenvalue weighted by Crippen LogP contribution is -2.31. The Morgan fingerprint density at radius 2 is 1.94 bits per heavy atom. The summed E-state index contributed by atoms with van der Waals surface area (Å²) in [7, 11) is 3.11. The Bertz CT molecular complexity index is 811. The van der Waals surface area contributed by atoms with E-state index in [2.05, 4.69) is 32.0 Å². The van der Waals surface area contributed by atoms with Crippen molar-refractivity contribution in [3.8, 4) is 0 Å². The van der Waals surface area contributed by atoms with Crippen molar-refractivity contribution in [3.63, 3.8) is 0 Å². The molecule has 6 nitrogen and oxygen atoms in total. The molecule has 2 rings (SSSR count). The molecule has 2 aliphatic carbocycles. The van der Waals surface area contributed by atoms with Crippen molar-refractivity contribution < 1.29 is 25.3 Å². The van der Waals surface area contributed by atoms with Gasteiger partial charge in [-0.05, 0) is 56.9 Å². The summed E-state index contributed by atoms with van der Waals surface area (Å²) in [4.78, 5) is 17.6. The van der Waals surface area contributed by atoms with Gasteiger partial charge < -0.3 is 14.2 Å². The fourth-order valence-corrected chi connectivity index (χ4v) is 4.32. The molecule has 180 valence electrons. The molecule has 0 aromatic carbocycles. The number of methoxy groups -OCH3 is 2. The zero-order chi connectivity index (χ0) is 23.7. The average molecular weight is 448 g/mol. The Labute approximate surface area is 194 Å². The number of carbonyl (C=O) groups is 1. The Morgan fingerprint density at radius 3 is 2.56 bits per heavy atom. The van der Waals surface area contributed by atoms with Gasteiger partial charge in [0.1, 0.15) is 11.5 Å². The lowest BCUT2D eigenvalue weighted by molar-refractivity contribution is -0.149. The largest absolute Gasteiger partial charge is 0.497 e. The first-order valence-electron chi connectivity index (χ1n) is 11.5. The monoisotopic (exact) mass is 447 g/mol. The van der Waals surface area contributed by atoms with Gasteiger partial charge in [-0.1, -0.05) is 32.4 Å². The zero-order valence-electron chi connectivity index (χ0n) is 20.5. The minimum absolute atomic E-state index is 0. The van der Waals surface area contributed by atoms with Crippen molar-refractivity contribution in [2.24, 2.45) is 17.8 Å². The summed E-state index contributed by atoms with van der Waals surface area (Å²) < 4.78 is 17.1. The smallest absolute Gasteiger partial charge is 0.309 e. The predicted octanol–water partition coefficient (Wildman–Crippen LogP) is 5.61. The van der Waals surface area contributed by atoms with Crippen LogP contribution in [-0.4, -0.2) is 33.4 Å². The first-order valence-corrected chi connectivity index (χ1v) is 11.5. The van der Waals surface area contributed by atoms with Crippen LogP contribution >= 0.6 is 0 Å². The molecule has 0 amide bonds. The van der Waals surface area contributed by atoms with Crippen molar-refractivity contribution >= 4 is 5.97 Å². The molecule has 0 heterocycles. The van der Waals surface area contributed by atoms with Gasteiger partial charge in [0.05, 0.1) is 33.4 Å². The Balaban J connectivity index is 0.00000544. The molecule has 0 radical (unpaired) electrons. The molecule has 3 atom stereocenters. The van der Waals surface area contributed by atoms with Crippen LogP contribution in [-0.2, 0) is 23.8 Å². The number of hydroxylamine groups is 1. The average Bonchev–Trinajstić information content (AvgIpc) is 2.92. The van der Waals surface area contributed by atoms with Crippen LogP contribution in [0.1, 0.15) is 54.8 Å². The number of esters is 1. The molecule has 32 heavy (non-hydrogen) atoms. The van der Waals surface area contributed by atoms with Crippen LogP contribution < -0.4 is 5.48 Å². The van der Waals surface area contributed by atoms with Crippen LogP contribution in [0.4, 0.5) is 0 Å². The molecular weight excluding hydrogens is 406 g/mol. The van der Waals surface area contributed by atoms with Gasteiger partial charge in [-0.15, -0.1) is 0 Å². The molecule has 0 aromatic heterocycles. The third-order valence-corrected chi connectivity index (χ3v) is 6.09. The van der Waals surface area contributed by atoms with Crippen LogP contribution in [0, 0.1) is 17.8 Å². The van der Waals surface area contributed by atoms with Gasteiger partial charge in [-0.3, -0.25) is 15.1 Å². The molecule has 0 saturated heterocycles.